The van der Waals surface area contributed by atoms with E-state index in [1.54, 1.807) is 12.4 Å². The predicted molar refractivity (Wildman–Crippen MR) is 66.4 cm³/mol. The normalized spacial score (nSPS) is 31.1. The molecule has 2 fully saturated rings. The van der Waals surface area contributed by atoms with Crippen molar-refractivity contribution in [3.63, 3.8) is 0 Å². The Bertz CT molecular complexity index is 466. The van der Waals surface area contributed by atoms with Crippen molar-refractivity contribution in [2.75, 3.05) is 7.05 Å². The highest BCUT2D eigenvalue weighted by molar-refractivity contribution is 6.02. The maximum Gasteiger partial charge on any atom is 0.162 e. The lowest BCUT2D eigenvalue weighted by Gasteiger charge is -2.32. The van der Waals surface area contributed by atoms with Crippen LogP contribution in [0, 0.1) is 0 Å². The Morgan fingerprint density at radius 2 is 2.35 bits per heavy atom. The van der Waals surface area contributed by atoms with Crippen LogP contribution in [0.2, 0.25) is 0 Å². The van der Waals surface area contributed by atoms with Crippen molar-refractivity contribution >= 4 is 11.9 Å². The molecule has 17 heavy (non-hydrogen) atoms. The largest absolute Gasteiger partial charge is 0.296 e. The van der Waals surface area contributed by atoms with E-state index in [-0.39, 0.29) is 0 Å². The first kappa shape index (κ1) is 10.7. The Labute approximate surface area is 101 Å². The summed E-state index contributed by atoms with van der Waals surface area (Å²) in [5.41, 5.74) is 1.99. The Morgan fingerprint density at radius 3 is 3.12 bits per heavy atom. The average Bonchev–Trinajstić information content (AvgIpc) is 2.59. The zero-order valence-electron chi connectivity index (χ0n) is 9.97. The van der Waals surface area contributed by atoms with Crippen molar-refractivity contribution in [2.24, 2.45) is 0 Å². The van der Waals surface area contributed by atoms with Crippen LogP contribution in [0.4, 0.5) is 0 Å². The van der Waals surface area contributed by atoms with Gasteiger partial charge in [-0.3, -0.25) is 14.7 Å². The fourth-order valence-corrected chi connectivity index (χ4v) is 2.97. The molecule has 2 bridgehead atoms. The molecule has 1 aromatic heterocycles. The third kappa shape index (κ3) is 1.80. The number of Topliss-reactive ketones (excluding diaryl/α,β-unsaturated/α-hetero) is 1. The van der Waals surface area contributed by atoms with Crippen LogP contribution >= 0.6 is 0 Å². The molecule has 3 heterocycles. The Kier molecular flexibility index (Phi) is 2.56. The van der Waals surface area contributed by atoms with E-state index in [9.17, 15) is 4.79 Å². The molecule has 2 saturated heterocycles. The first-order valence-electron chi connectivity index (χ1n) is 6.12. The van der Waals surface area contributed by atoms with Gasteiger partial charge in [0.15, 0.2) is 5.78 Å². The van der Waals surface area contributed by atoms with Gasteiger partial charge in [0.05, 0.1) is 0 Å². The van der Waals surface area contributed by atoms with Crippen LogP contribution in [0.3, 0.4) is 0 Å². The third-order valence-corrected chi connectivity index (χ3v) is 3.95. The molecule has 0 aromatic carbocycles. The molecule has 0 amide bonds. The molecule has 0 spiro atoms. The Morgan fingerprint density at radius 1 is 1.47 bits per heavy atom. The number of hydrogen-bond donors (Lipinski definition) is 0. The molecule has 88 valence electrons. The average molecular weight is 228 g/mol. The van der Waals surface area contributed by atoms with E-state index in [1.807, 2.05) is 18.2 Å². The van der Waals surface area contributed by atoms with Gasteiger partial charge in [0.1, 0.15) is 0 Å². The monoisotopic (exact) mass is 228 g/mol. The number of nitrogens with zero attached hydrogens (tertiary/aromatic N) is 2. The second kappa shape index (κ2) is 4.08. The van der Waals surface area contributed by atoms with E-state index in [0.29, 0.717) is 24.3 Å². The standard InChI is InChI=1S/C14H16N2O/c1-16-11-4-5-13(16)12(14(17)8-11)7-10-3-2-6-15-9-10/h2-3,6-7,9,11,13H,4-5,8H2,1H3/b12-7+/t11-,13+/m0/s1. The molecule has 2 aliphatic heterocycles. The molecule has 2 atom stereocenters. The fraction of sp³-hybridized carbons (Fsp3) is 0.429. The summed E-state index contributed by atoms with van der Waals surface area (Å²) < 4.78 is 0. The van der Waals surface area contributed by atoms with Gasteiger partial charge in [-0.15, -0.1) is 0 Å². The zero-order chi connectivity index (χ0) is 11.8. The molecule has 0 aliphatic carbocycles. The minimum absolute atomic E-state index is 0.319. The van der Waals surface area contributed by atoms with E-state index in [2.05, 4.69) is 16.9 Å². The van der Waals surface area contributed by atoms with Gasteiger partial charge in [-0.25, -0.2) is 0 Å². The van der Waals surface area contributed by atoms with Crippen molar-refractivity contribution in [1.82, 2.24) is 9.88 Å². The molecule has 3 nitrogen and oxygen atoms in total. The van der Waals surface area contributed by atoms with Gasteiger partial charge in [-0.2, -0.15) is 0 Å². The Hall–Kier alpha value is -1.48. The number of fused-ring (bicyclic) bond motifs is 2. The number of aromatic nitrogens is 1. The van der Waals surface area contributed by atoms with Crippen LogP contribution in [0.1, 0.15) is 24.8 Å². The summed E-state index contributed by atoms with van der Waals surface area (Å²) in [5.74, 6) is 0.319. The van der Waals surface area contributed by atoms with Crippen molar-refractivity contribution in [3.8, 4) is 0 Å². The van der Waals surface area contributed by atoms with Gasteiger partial charge in [-0.1, -0.05) is 6.07 Å². The predicted octanol–water partition coefficient (Wildman–Crippen LogP) is 1.90. The van der Waals surface area contributed by atoms with Crippen LogP contribution in [0.5, 0.6) is 0 Å². The van der Waals surface area contributed by atoms with E-state index in [1.165, 1.54) is 0 Å². The number of pyridine rings is 1. The number of rotatable bonds is 1. The van der Waals surface area contributed by atoms with Gasteiger partial charge in [0.2, 0.25) is 0 Å². The number of piperidine rings is 1. The van der Waals surface area contributed by atoms with Crippen molar-refractivity contribution in [2.45, 2.75) is 31.3 Å². The molecule has 3 rings (SSSR count). The van der Waals surface area contributed by atoms with Gasteiger partial charge >= 0.3 is 0 Å². The number of hydrogen-bond acceptors (Lipinski definition) is 3. The summed E-state index contributed by atoms with van der Waals surface area (Å²) >= 11 is 0. The number of likely N-dealkylation sites (N-methyl/N-ethyl adjacent to an activating group) is 1. The van der Waals surface area contributed by atoms with E-state index in [0.717, 1.165) is 24.0 Å². The molecule has 3 heteroatoms. The van der Waals surface area contributed by atoms with Crippen molar-refractivity contribution < 1.29 is 4.79 Å². The van der Waals surface area contributed by atoms with Gasteiger partial charge in [0.25, 0.3) is 0 Å². The van der Waals surface area contributed by atoms with E-state index >= 15 is 0 Å². The summed E-state index contributed by atoms with van der Waals surface area (Å²) in [7, 11) is 2.13. The maximum absolute atomic E-state index is 12.1. The quantitative estimate of drug-likeness (QED) is 0.688. The summed E-state index contributed by atoms with van der Waals surface area (Å²) in [6.07, 6.45) is 8.51. The number of ketones is 1. The van der Waals surface area contributed by atoms with Gasteiger partial charge < -0.3 is 0 Å². The molecule has 2 aliphatic rings. The lowest BCUT2D eigenvalue weighted by molar-refractivity contribution is -0.118. The minimum atomic E-state index is 0.319. The number of carbonyl (C=O) groups excluding carboxylic acids is 1. The molecular weight excluding hydrogens is 212 g/mol. The highest BCUT2D eigenvalue weighted by Gasteiger charge is 2.41. The minimum Gasteiger partial charge on any atom is -0.296 e. The first-order valence-corrected chi connectivity index (χ1v) is 6.12. The summed E-state index contributed by atoms with van der Waals surface area (Å²) in [6.45, 7) is 0. The second-order valence-electron chi connectivity index (χ2n) is 4.93. The van der Waals surface area contributed by atoms with Crippen molar-refractivity contribution in [1.29, 1.82) is 0 Å². The molecule has 0 radical (unpaired) electrons. The SMILES string of the molecule is CN1[C@H]2CC[C@@H]1/C(=C\c1cccnc1)C(=O)C2. The van der Waals surface area contributed by atoms with Crippen LogP contribution < -0.4 is 0 Å². The third-order valence-electron chi connectivity index (χ3n) is 3.95. The van der Waals surface area contributed by atoms with Crippen LogP contribution in [-0.2, 0) is 4.79 Å². The van der Waals surface area contributed by atoms with Crippen LogP contribution in [0.25, 0.3) is 6.08 Å². The van der Waals surface area contributed by atoms with E-state index < -0.39 is 0 Å². The molecule has 0 N–H and O–H groups in total. The highest BCUT2D eigenvalue weighted by Crippen LogP contribution is 2.36. The summed E-state index contributed by atoms with van der Waals surface area (Å²) in [6, 6.07) is 4.69. The summed E-state index contributed by atoms with van der Waals surface area (Å²) in [4.78, 5) is 18.5. The fourth-order valence-electron chi connectivity index (χ4n) is 2.97. The summed E-state index contributed by atoms with van der Waals surface area (Å²) in [5, 5.41) is 0. The number of carbonyl (C=O) groups is 1. The highest BCUT2D eigenvalue weighted by atomic mass is 16.1. The lowest BCUT2D eigenvalue weighted by atomic mass is 9.94. The molecule has 1 aromatic rings. The lowest BCUT2D eigenvalue weighted by Crippen LogP contribution is -2.41. The van der Waals surface area contributed by atoms with Crippen LogP contribution in [0.15, 0.2) is 30.1 Å². The van der Waals surface area contributed by atoms with Gasteiger partial charge in [0, 0.05) is 36.5 Å². The molecule has 0 unspecified atom stereocenters. The Balaban J connectivity index is 1.96. The van der Waals surface area contributed by atoms with E-state index in [4.69, 9.17) is 0 Å². The first-order chi connectivity index (χ1) is 8.25. The maximum atomic E-state index is 12.1. The molecular formula is C14H16N2O. The second-order valence-corrected chi connectivity index (χ2v) is 4.93. The van der Waals surface area contributed by atoms with Crippen molar-refractivity contribution in [3.05, 3.63) is 35.7 Å². The molecule has 0 saturated carbocycles. The van der Waals surface area contributed by atoms with Crippen LogP contribution in [-0.4, -0.2) is 34.8 Å². The topological polar surface area (TPSA) is 33.2 Å². The van der Waals surface area contributed by atoms with Gasteiger partial charge in [-0.05, 0) is 37.6 Å². The zero-order valence-corrected chi connectivity index (χ0v) is 9.97. The smallest absolute Gasteiger partial charge is 0.162 e.